The van der Waals surface area contributed by atoms with Gasteiger partial charge in [-0.05, 0) is 12.8 Å². The minimum Gasteiger partial charge on any atom is -0.464 e. The highest BCUT2D eigenvalue weighted by Crippen LogP contribution is 2.13. The van der Waals surface area contributed by atoms with Crippen molar-refractivity contribution in [1.29, 1.82) is 0 Å². The molecule has 0 rings (SSSR count). The molecule has 29 heavy (non-hydrogen) atoms. The van der Waals surface area contributed by atoms with Crippen molar-refractivity contribution < 1.29 is 19.1 Å². The van der Waals surface area contributed by atoms with Crippen molar-refractivity contribution in [3.05, 3.63) is 0 Å². The molecule has 0 aromatic rings. The molecule has 0 aromatic heterocycles. The summed E-state index contributed by atoms with van der Waals surface area (Å²) in [6.45, 7) is 5.08. The number of nitrogens with zero attached hydrogens (tertiary/aromatic N) is 1. The maximum absolute atomic E-state index is 11.8. The Bertz CT molecular complexity index is 387. The van der Waals surface area contributed by atoms with Crippen LogP contribution in [0.4, 0.5) is 4.79 Å². The topological polar surface area (TPSA) is 55.8 Å². The van der Waals surface area contributed by atoms with Gasteiger partial charge in [-0.25, -0.2) is 4.79 Å². The second kappa shape index (κ2) is 21.4. The third-order valence-corrected chi connectivity index (χ3v) is 5.16. The van der Waals surface area contributed by atoms with E-state index in [1.165, 1.54) is 81.9 Å². The number of likely N-dealkylation sites (N-methyl/N-ethyl adjacent to an activating group) is 1. The van der Waals surface area contributed by atoms with E-state index < -0.39 is 6.09 Å². The second-order valence-electron chi connectivity index (χ2n) is 8.14. The van der Waals surface area contributed by atoms with Crippen LogP contribution in [0.1, 0.15) is 117 Å². The summed E-state index contributed by atoms with van der Waals surface area (Å²) in [6, 6.07) is 0. The molecule has 0 aromatic carbocycles. The minimum absolute atomic E-state index is 0.0520. The lowest BCUT2D eigenvalue weighted by atomic mass is 10.0. The van der Waals surface area contributed by atoms with Crippen molar-refractivity contribution in [3.8, 4) is 0 Å². The lowest BCUT2D eigenvalue weighted by Gasteiger charge is -2.16. The van der Waals surface area contributed by atoms with Gasteiger partial charge in [0, 0.05) is 7.05 Å². The first kappa shape index (κ1) is 27.7. The van der Waals surface area contributed by atoms with Gasteiger partial charge < -0.3 is 14.4 Å². The Morgan fingerprint density at radius 2 is 1.00 bits per heavy atom. The molecule has 0 aliphatic rings. The number of hydrogen-bond acceptors (Lipinski definition) is 4. The number of hydrogen-bond donors (Lipinski definition) is 0. The van der Waals surface area contributed by atoms with Gasteiger partial charge in [0.25, 0.3) is 0 Å². The van der Waals surface area contributed by atoms with Crippen LogP contribution in [0.3, 0.4) is 0 Å². The summed E-state index contributed by atoms with van der Waals surface area (Å²) in [6.07, 6.45) is 19.6. The zero-order chi connectivity index (χ0) is 21.6. The minimum atomic E-state index is -0.466. The molecule has 5 heteroatoms. The van der Waals surface area contributed by atoms with Crippen molar-refractivity contribution in [2.75, 3.05) is 26.8 Å². The predicted octanol–water partition coefficient (Wildman–Crippen LogP) is 6.88. The van der Waals surface area contributed by atoms with Gasteiger partial charge in [-0.3, -0.25) is 4.79 Å². The van der Waals surface area contributed by atoms with Crippen LogP contribution in [-0.2, 0) is 14.3 Å². The predicted molar refractivity (Wildman–Crippen MR) is 120 cm³/mol. The summed E-state index contributed by atoms with van der Waals surface area (Å²) in [5.41, 5.74) is 0. The molecule has 0 aliphatic heterocycles. The molecule has 0 radical (unpaired) electrons. The Balaban J connectivity index is 3.35. The summed E-state index contributed by atoms with van der Waals surface area (Å²) < 4.78 is 10.3. The highest BCUT2D eigenvalue weighted by molar-refractivity contribution is 5.77. The SMILES string of the molecule is CCCCCCCCCCCCCCCCOC(=O)CN(C)C(=O)OCCCC. The number of unbranched alkanes of at least 4 members (excludes halogenated alkanes) is 14. The number of carbonyl (C=O) groups is 2. The van der Waals surface area contributed by atoms with Gasteiger partial charge in [-0.1, -0.05) is 104 Å². The average molecular weight is 414 g/mol. The maximum atomic E-state index is 11.8. The van der Waals surface area contributed by atoms with Crippen LogP contribution >= 0.6 is 0 Å². The molecule has 0 N–H and O–H groups in total. The number of carbonyl (C=O) groups excluding carboxylic acids is 2. The molecular weight excluding hydrogens is 366 g/mol. The summed E-state index contributed by atoms with van der Waals surface area (Å²) in [7, 11) is 1.56. The molecule has 0 bridgehead atoms. The Morgan fingerprint density at radius 3 is 1.48 bits per heavy atom. The van der Waals surface area contributed by atoms with E-state index in [4.69, 9.17) is 9.47 Å². The van der Waals surface area contributed by atoms with E-state index in [-0.39, 0.29) is 12.5 Å². The molecule has 0 aliphatic carbocycles. The first-order chi connectivity index (χ1) is 14.1. The van der Waals surface area contributed by atoms with Crippen molar-refractivity contribution >= 4 is 12.1 Å². The Morgan fingerprint density at radius 1 is 0.586 bits per heavy atom. The van der Waals surface area contributed by atoms with E-state index in [1.807, 2.05) is 6.92 Å². The fourth-order valence-corrected chi connectivity index (χ4v) is 3.20. The maximum Gasteiger partial charge on any atom is 0.410 e. The smallest absolute Gasteiger partial charge is 0.410 e. The van der Waals surface area contributed by atoms with Gasteiger partial charge in [-0.15, -0.1) is 0 Å². The van der Waals surface area contributed by atoms with Gasteiger partial charge in [0.15, 0.2) is 0 Å². The third-order valence-electron chi connectivity index (χ3n) is 5.16. The number of amides is 1. The average Bonchev–Trinajstić information content (AvgIpc) is 2.70. The molecule has 0 atom stereocenters. The fourth-order valence-electron chi connectivity index (χ4n) is 3.20. The summed E-state index contributed by atoms with van der Waals surface area (Å²) >= 11 is 0. The largest absolute Gasteiger partial charge is 0.464 e. The second-order valence-corrected chi connectivity index (χ2v) is 8.14. The molecule has 1 amide bonds. The molecule has 0 fully saturated rings. The van der Waals surface area contributed by atoms with E-state index in [0.29, 0.717) is 13.2 Å². The number of esters is 1. The van der Waals surface area contributed by atoms with Gasteiger partial charge in [0.2, 0.25) is 0 Å². The van der Waals surface area contributed by atoms with Crippen LogP contribution in [0.15, 0.2) is 0 Å². The number of rotatable bonds is 20. The Kier molecular flexibility index (Phi) is 20.5. The van der Waals surface area contributed by atoms with Crippen molar-refractivity contribution in [2.45, 2.75) is 117 Å². The molecule has 0 spiro atoms. The first-order valence-corrected chi connectivity index (χ1v) is 12.1. The lowest BCUT2D eigenvalue weighted by molar-refractivity contribution is -0.144. The zero-order valence-corrected chi connectivity index (χ0v) is 19.5. The van der Waals surface area contributed by atoms with E-state index >= 15 is 0 Å². The molecule has 0 saturated heterocycles. The van der Waals surface area contributed by atoms with Gasteiger partial charge in [0.1, 0.15) is 6.54 Å². The van der Waals surface area contributed by atoms with E-state index in [9.17, 15) is 9.59 Å². The van der Waals surface area contributed by atoms with Crippen LogP contribution in [0, 0.1) is 0 Å². The van der Waals surface area contributed by atoms with Crippen LogP contribution in [0.2, 0.25) is 0 Å². The molecule has 5 nitrogen and oxygen atoms in total. The van der Waals surface area contributed by atoms with E-state index in [2.05, 4.69) is 6.92 Å². The highest BCUT2D eigenvalue weighted by atomic mass is 16.6. The molecular formula is C24H47NO4. The third kappa shape index (κ3) is 19.8. The van der Waals surface area contributed by atoms with Gasteiger partial charge in [-0.2, -0.15) is 0 Å². The quantitative estimate of drug-likeness (QED) is 0.161. The van der Waals surface area contributed by atoms with Crippen LogP contribution in [0.5, 0.6) is 0 Å². The lowest BCUT2D eigenvalue weighted by Crippen LogP contribution is -2.33. The van der Waals surface area contributed by atoms with Crippen molar-refractivity contribution in [1.82, 2.24) is 4.90 Å². The molecule has 0 unspecified atom stereocenters. The fraction of sp³-hybridized carbons (Fsp3) is 0.917. The summed E-state index contributed by atoms with van der Waals surface area (Å²) in [5, 5.41) is 0. The highest BCUT2D eigenvalue weighted by Gasteiger charge is 2.14. The Hall–Kier alpha value is -1.26. The monoisotopic (exact) mass is 413 g/mol. The first-order valence-electron chi connectivity index (χ1n) is 12.1. The van der Waals surface area contributed by atoms with Crippen molar-refractivity contribution in [3.63, 3.8) is 0 Å². The standard InChI is InChI=1S/C24H47NO4/c1-4-6-8-9-10-11-12-13-14-15-16-17-18-19-21-28-23(26)22-25(3)24(27)29-20-7-5-2/h4-22H2,1-3H3. The molecule has 172 valence electrons. The normalized spacial score (nSPS) is 10.7. The number of ether oxygens (including phenoxy) is 2. The molecule has 0 saturated carbocycles. The van der Waals surface area contributed by atoms with Crippen LogP contribution < -0.4 is 0 Å². The summed E-state index contributed by atoms with van der Waals surface area (Å²) in [5.74, 6) is -0.366. The van der Waals surface area contributed by atoms with Crippen LogP contribution in [0.25, 0.3) is 0 Å². The Labute approximate surface area is 179 Å². The van der Waals surface area contributed by atoms with Gasteiger partial charge in [0.05, 0.1) is 13.2 Å². The van der Waals surface area contributed by atoms with E-state index in [1.54, 1.807) is 7.05 Å². The zero-order valence-electron chi connectivity index (χ0n) is 19.5. The molecule has 0 heterocycles. The van der Waals surface area contributed by atoms with E-state index in [0.717, 1.165) is 25.7 Å². The summed E-state index contributed by atoms with van der Waals surface area (Å²) in [4.78, 5) is 24.7. The van der Waals surface area contributed by atoms with Crippen LogP contribution in [-0.4, -0.2) is 43.8 Å². The van der Waals surface area contributed by atoms with Gasteiger partial charge >= 0.3 is 12.1 Å². The van der Waals surface area contributed by atoms with Crippen molar-refractivity contribution in [2.24, 2.45) is 0 Å².